The quantitative estimate of drug-likeness (QED) is 0.569. The largest absolute Gasteiger partial charge is 0.344 e. The average Bonchev–Trinajstić information content (AvgIpc) is 1.89. The number of rotatable bonds is 6. The Morgan fingerprint density at radius 3 is 1.60 bits per heavy atom. The third-order valence-corrected chi connectivity index (χ3v) is 5.45. The molecule has 0 fully saturated rings. The van der Waals surface area contributed by atoms with Crippen LogP contribution in [0.5, 0.6) is 0 Å². The van der Waals surface area contributed by atoms with Crippen molar-refractivity contribution in [3.8, 4) is 0 Å². The normalized spacial score (nSPS) is 8.20. The van der Waals surface area contributed by atoms with Gasteiger partial charge in [-0.2, -0.15) is 0 Å². The van der Waals surface area contributed by atoms with E-state index in [2.05, 4.69) is 13.8 Å². The molecule has 0 spiro atoms. The number of hydrogen-bond donors (Lipinski definition) is 1. The van der Waals surface area contributed by atoms with Crippen molar-refractivity contribution < 1.29 is 0 Å². The molecule has 0 unspecified atom stereocenters. The van der Waals surface area contributed by atoms with Crippen LogP contribution in [-0.4, -0.2) is 21.1 Å². The van der Waals surface area contributed by atoms with Gasteiger partial charge in [-0.15, -0.1) is 0 Å². The minimum Gasteiger partial charge on any atom is -0.344 e. The van der Waals surface area contributed by atoms with Crippen molar-refractivity contribution in [1.29, 1.82) is 0 Å². The monoisotopic (exact) mass is 251 g/mol. The molecule has 0 aromatic carbocycles. The van der Waals surface area contributed by atoms with Crippen LogP contribution in [0.1, 0.15) is 39.5 Å². The van der Waals surface area contributed by atoms with Crippen molar-refractivity contribution in [2.75, 3.05) is 0 Å². The van der Waals surface area contributed by atoms with Gasteiger partial charge in [-0.25, -0.2) is 0 Å². The molecule has 3 N–H and O–H groups in total. The Labute approximate surface area is 75.8 Å². The molecule has 0 bridgehead atoms. The van der Waals surface area contributed by atoms with Crippen molar-refractivity contribution in [1.82, 2.24) is 6.15 Å². The van der Waals surface area contributed by atoms with Gasteiger partial charge in [-0.1, -0.05) is 0 Å². The van der Waals surface area contributed by atoms with Crippen molar-refractivity contribution in [2.24, 2.45) is 0 Å². The summed E-state index contributed by atoms with van der Waals surface area (Å²) in [5, 5.41) is 0. The van der Waals surface area contributed by atoms with Gasteiger partial charge in [-0.05, 0) is 0 Å². The predicted octanol–water partition coefficient (Wildman–Crippen LogP) is 3.29. The van der Waals surface area contributed by atoms with Gasteiger partial charge in [0.1, 0.15) is 0 Å². The second kappa shape index (κ2) is 12.4. The maximum Gasteiger partial charge on any atom is -0.344 e. The zero-order chi connectivity index (χ0) is 6.95. The molecule has 0 saturated heterocycles. The molecule has 2 heteroatoms. The first kappa shape index (κ1) is 13.4. The van der Waals surface area contributed by atoms with Gasteiger partial charge < -0.3 is 6.15 Å². The molecule has 0 aromatic rings. The molecule has 60 valence electrons. The van der Waals surface area contributed by atoms with Gasteiger partial charge in [0.25, 0.3) is 0 Å². The maximum atomic E-state index is 2.29. The minimum atomic E-state index is 0. The summed E-state index contributed by atoms with van der Waals surface area (Å²) in [6.07, 6.45) is 5.84. The number of hydrogen-bond acceptors (Lipinski definition) is 1. The van der Waals surface area contributed by atoms with E-state index in [4.69, 9.17) is 0 Å². The maximum absolute atomic E-state index is 2.29. The Morgan fingerprint density at radius 2 is 1.30 bits per heavy atom. The molecule has 0 aromatic heterocycles. The van der Waals surface area contributed by atoms with Crippen LogP contribution in [0.4, 0.5) is 0 Å². The summed E-state index contributed by atoms with van der Waals surface area (Å²) in [7, 11) is 0. The summed E-state index contributed by atoms with van der Waals surface area (Å²) in [4.78, 5) is 0. The molecule has 0 heterocycles. The third-order valence-electron chi connectivity index (χ3n) is 1.41. The van der Waals surface area contributed by atoms with Gasteiger partial charge in [0, 0.05) is 0 Å². The fourth-order valence-electron chi connectivity index (χ4n) is 0.729. The molecule has 0 radical (unpaired) electrons. The van der Waals surface area contributed by atoms with Crippen molar-refractivity contribution in [2.45, 2.75) is 48.4 Å². The van der Waals surface area contributed by atoms with E-state index in [0.29, 0.717) is 0 Å². The Morgan fingerprint density at radius 1 is 0.900 bits per heavy atom. The van der Waals surface area contributed by atoms with E-state index in [0.717, 1.165) is 0 Å². The van der Waals surface area contributed by atoms with Gasteiger partial charge in [0.05, 0.1) is 0 Å². The van der Waals surface area contributed by atoms with Crippen LogP contribution in [0.15, 0.2) is 0 Å². The Hall–Kier alpha value is 0.759. The Balaban J connectivity index is 0. The van der Waals surface area contributed by atoms with Crippen LogP contribution in [0.25, 0.3) is 0 Å². The van der Waals surface area contributed by atoms with Gasteiger partial charge in [-0.3, -0.25) is 0 Å². The second-order valence-corrected chi connectivity index (χ2v) is 6.74. The van der Waals surface area contributed by atoms with Crippen molar-refractivity contribution >= 4 is 21.1 Å². The Kier molecular flexibility index (Phi) is 16.6. The molecule has 0 amide bonds. The summed E-state index contributed by atoms with van der Waals surface area (Å²) in [6.45, 7) is 4.58. The van der Waals surface area contributed by atoms with E-state index < -0.39 is 0 Å². The molecule has 0 aliphatic rings. The van der Waals surface area contributed by atoms with E-state index in [-0.39, 0.29) is 27.3 Å². The first-order valence-corrected chi connectivity index (χ1v) is 8.16. The average molecular weight is 250 g/mol. The summed E-state index contributed by atoms with van der Waals surface area (Å²) in [6, 6.07) is 0. The van der Waals surface area contributed by atoms with Gasteiger partial charge in [0.2, 0.25) is 0 Å². The SMILES string of the molecule is CCC[CH2][Sn+2][CH2]CCC.N. The molecule has 0 saturated carbocycles. The van der Waals surface area contributed by atoms with Crippen LogP contribution in [0.2, 0.25) is 8.87 Å². The Bertz CT molecular complexity index is 42.5. The molecule has 0 aliphatic heterocycles. The molecule has 10 heavy (non-hydrogen) atoms. The fourth-order valence-corrected chi connectivity index (χ4v) is 4.89. The molecular formula is C8H21NSn+2. The molecule has 1 nitrogen and oxygen atoms in total. The van der Waals surface area contributed by atoms with Gasteiger partial charge in [0.15, 0.2) is 0 Å². The third kappa shape index (κ3) is 11.5. The van der Waals surface area contributed by atoms with E-state index in [1.54, 1.807) is 8.87 Å². The fraction of sp³-hybridized carbons (Fsp3) is 1.00. The molecule has 0 atom stereocenters. The second-order valence-electron chi connectivity index (χ2n) is 2.46. The molecule has 0 rings (SSSR count). The molecular weight excluding hydrogens is 229 g/mol. The summed E-state index contributed by atoms with van der Waals surface area (Å²) < 4.78 is 3.25. The van der Waals surface area contributed by atoms with Crippen LogP contribution in [-0.2, 0) is 0 Å². The van der Waals surface area contributed by atoms with E-state index >= 15 is 0 Å². The first-order valence-electron chi connectivity index (χ1n) is 4.12. The van der Waals surface area contributed by atoms with E-state index in [1.807, 2.05) is 0 Å². The smallest absolute Gasteiger partial charge is 0.344 e. The summed E-state index contributed by atoms with van der Waals surface area (Å²) in [5.41, 5.74) is 0. The molecule has 0 aliphatic carbocycles. The standard InChI is InChI=1S/2C4H9.H3N.Sn/c2*1-3-4-2;;/h2*1,3-4H2,2H3;1H3;/q;;;+2. The predicted molar refractivity (Wildman–Crippen MR) is 50.2 cm³/mol. The zero-order valence-corrected chi connectivity index (χ0v) is 10.3. The van der Waals surface area contributed by atoms with Gasteiger partial charge >= 0.3 is 69.5 Å². The van der Waals surface area contributed by atoms with Crippen molar-refractivity contribution in [3.63, 3.8) is 0 Å². The van der Waals surface area contributed by atoms with E-state index in [9.17, 15) is 0 Å². The number of unbranched alkanes of at least 4 members (excludes halogenated alkanes) is 2. The van der Waals surface area contributed by atoms with Crippen LogP contribution in [0, 0.1) is 0 Å². The zero-order valence-electron chi connectivity index (χ0n) is 7.45. The van der Waals surface area contributed by atoms with E-state index in [1.165, 1.54) is 25.7 Å². The van der Waals surface area contributed by atoms with Crippen molar-refractivity contribution in [3.05, 3.63) is 0 Å². The minimum absolute atomic E-state index is 0. The summed E-state index contributed by atoms with van der Waals surface area (Å²) in [5.74, 6) is 0. The topological polar surface area (TPSA) is 35.0 Å². The van der Waals surface area contributed by atoms with Crippen LogP contribution in [0.3, 0.4) is 0 Å². The summed E-state index contributed by atoms with van der Waals surface area (Å²) >= 11 is 0.149. The van der Waals surface area contributed by atoms with Crippen LogP contribution >= 0.6 is 0 Å². The van der Waals surface area contributed by atoms with Crippen LogP contribution < -0.4 is 6.15 Å². The first-order chi connectivity index (χ1) is 4.41.